The smallest absolute Gasteiger partial charge is 0.331 e. The number of benzene rings is 1. The van der Waals surface area contributed by atoms with Gasteiger partial charge in [0.1, 0.15) is 0 Å². The van der Waals surface area contributed by atoms with Gasteiger partial charge in [0.25, 0.3) is 0 Å². The molecule has 1 aromatic rings. The molecular formula is C15H21NO3. The largest absolute Gasteiger partial charge is 0.479 e. The molecule has 0 saturated heterocycles. The second kappa shape index (κ2) is 5.87. The van der Waals surface area contributed by atoms with Gasteiger partial charge in [0.2, 0.25) is 5.91 Å². The highest BCUT2D eigenvalue weighted by atomic mass is 16.4. The van der Waals surface area contributed by atoms with Crippen molar-refractivity contribution in [2.45, 2.75) is 46.7 Å². The Morgan fingerprint density at radius 1 is 1.21 bits per heavy atom. The molecule has 1 atom stereocenters. The second-order valence-corrected chi connectivity index (χ2v) is 5.05. The minimum atomic E-state index is -1.00. The van der Waals surface area contributed by atoms with Crippen molar-refractivity contribution in [2.24, 2.45) is 0 Å². The van der Waals surface area contributed by atoms with E-state index in [-0.39, 0.29) is 11.9 Å². The van der Waals surface area contributed by atoms with Crippen molar-refractivity contribution in [3.63, 3.8) is 0 Å². The summed E-state index contributed by atoms with van der Waals surface area (Å²) in [4.78, 5) is 24.8. The summed E-state index contributed by atoms with van der Waals surface area (Å²) < 4.78 is 0. The van der Waals surface area contributed by atoms with E-state index in [1.807, 2.05) is 39.8 Å². The standard InChI is InChI=1S/C15H21NO3/c1-9(2)16(12(5)17)14(15(18)19)13-8-6-7-10(3)11(13)4/h6-9,14H,1-5H3,(H,18,19). The van der Waals surface area contributed by atoms with Crippen LogP contribution in [-0.2, 0) is 9.59 Å². The Balaban J connectivity index is 3.39. The molecule has 104 valence electrons. The molecular weight excluding hydrogens is 242 g/mol. The molecule has 0 spiro atoms. The first kappa shape index (κ1) is 15.2. The summed E-state index contributed by atoms with van der Waals surface area (Å²) in [7, 11) is 0. The van der Waals surface area contributed by atoms with Gasteiger partial charge in [0.15, 0.2) is 6.04 Å². The maximum Gasteiger partial charge on any atom is 0.331 e. The van der Waals surface area contributed by atoms with Gasteiger partial charge in [-0.1, -0.05) is 18.2 Å². The summed E-state index contributed by atoms with van der Waals surface area (Å²) in [6, 6.07) is 4.44. The lowest BCUT2D eigenvalue weighted by molar-refractivity contribution is -0.151. The Bertz CT molecular complexity index is 494. The van der Waals surface area contributed by atoms with E-state index in [1.165, 1.54) is 11.8 Å². The predicted molar refractivity (Wildman–Crippen MR) is 73.9 cm³/mol. The van der Waals surface area contributed by atoms with Gasteiger partial charge in [-0.25, -0.2) is 4.79 Å². The minimum Gasteiger partial charge on any atom is -0.479 e. The number of amides is 1. The molecule has 1 amide bonds. The van der Waals surface area contributed by atoms with Crippen molar-refractivity contribution in [1.82, 2.24) is 4.90 Å². The Morgan fingerprint density at radius 2 is 1.79 bits per heavy atom. The molecule has 0 radical (unpaired) electrons. The van der Waals surface area contributed by atoms with Crippen LogP contribution in [0.25, 0.3) is 0 Å². The highest BCUT2D eigenvalue weighted by molar-refractivity contribution is 5.84. The number of carbonyl (C=O) groups excluding carboxylic acids is 1. The van der Waals surface area contributed by atoms with Crippen LogP contribution in [0.2, 0.25) is 0 Å². The van der Waals surface area contributed by atoms with Crippen LogP contribution in [-0.4, -0.2) is 27.9 Å². The van der Waals surface area contributed by atoms with E-state index in [4.69, 9.17) is 0 Å². The summed E-state index contributed by atoms with van der Waals surface area (Å²) in [6.45, 7) is 8.87. The number of carboxylic acid groups (broad SMARTS) is 1. The first-order valence-electron chi connectivity index (χ1n) is 6.35. The average molecular weight is 263 g/mol. The molecule has 4 nitrogen and oxygen atoms in total. The zero-order valence-corrected chi connectivity index (χ0v) is 12.1. The number of aryl methyl sites for hydroxylation is 1. The maximum absolute atomic E-state index is 11.8. The van der Waals surface area contributed by atoms with E-state index in [0.29, 0.717) is 5.56 Å². The molecule has 1 rings (SSSR count). The van der Waals surface area contributed by atoms with Gasteiger partial charge in [0, 0.05) is 13.0 Å². The number of aliphatic carboxylic acids is 1. The summed E-state index contributed by atoms with van der Waals surface area (Å²) in [6.07, 6.45) is 0. The normalized spacial score (nSPS) is 12.3. The van der Waals surface area contributed by atoms with Gasteiger partial charge in [-0.05, 0) is 44.4 Å². The lowest BCUT2D eigenvalue weighted by Gasteiger charge is -2.32. The fraction of sp³-hybridized carbons (Fsp3) is 0.467. The van der Waals surface area contributed by atoms with Gasteiger partial charge in [-0.3, -0.25) is 4.79 Å². The predicted octanol–water partition coefficient (Wildman–Crippen LogP) is 2.69. The van der Waals surface area contributed by atoms with Crippen LogP contribution in [0.4, 0.5) is 0 Å². The lowest BCUT2D eigenvalue weighted by Crippen LogP contribution is -2.42. The summed E-state index contributed by atoms with van der Waals surface area (Å²) in [5.74, 6) is -1.24. The van der Waals surface area contributed by atoms with E-state index < -0.39 is 12.0 Å². The number of nitrogens with zero attached hydrogens (tertiary/aromatic N) is 1. The van der Waals surface area contributed by atoms with Crippen molar-refractivity contribution in [3.8, 4) is 0 Å². The van der Waals surface area contributed by atoms with Gasteiger partial charge < -0.3 is 10.0 Å². The van der Waals surface area contributed by atoms with Crippen LogP contribution in [0.1, 0.15) is 43.5 Å². The van der Waals surface area contributed by atoms with Crippen molar-refractivity contribution in [3.05, 3.63) is 34.9 Å². The number of carboxylic acids is 1. The number of hydrogen-bond acceptors (Lipinski definition) is 2. The van der Waals surface area contributed by atoms with E-state index in [9.17, 15) is 14.7 Å². The van der Waals surface area contributed by atoms with Crippen LogP contribution in [0.5, 0.6) is 0 Å². The third-order valence-electron chi connectivity index (χ3n) is 3.37. The van der Waals surface area contributed by atoms with Gasteiger partial charge in [0.05, 0.1) is 0 Å². The molecule has 1 N–H and O–H groups in total. The molecule has 0 fully saturated rings. The summed E-state index contributed by atoms with van der Waals surface area (Å²) >= 11 is 0. The molecule has 19 heavy (non-hydrogen) atoms. The quantitative estimate of drug-likeness (QED) is 0.908. The average Bonchev–Trinajstić information content (AvgIpc) is 2.28. The Morgan fingerprint density at radius 3 is 2.21 bits per heavy atom. The molecule has 0 heterocycles. The SMILES string of the molecule is CC(=O)N(C(C)C)C(C(=O)O)c1cccc(C)c1C. The monoisotopic (exact) mass is 263 g/mol. The van der Waals surface area contributed by atoms with Crippen molar-refractivity contribution >= 4 is 11.9 Å². The molecule has 0 bridgehead atoms. The maximum atomic E-state index is 11.8. The topological polar surface area (TPSA) is 57.6 Å². The zero-order chi connectivity index (χ0) is 14.7. The van der Waals surface area contributed by atoms with Gasteiger partial charge in [-0.2, -0.15) is 0 Å². The van der Waals surface area contributed by atoms with Crippen LogP contribution < -0.4 is 0 Å². The Hall–Kier alpha value is -1.84. The van der Waals surface area contributed by atoms with Crippen molar-refractivity contribution < 1.29 is 14.7 Å². The molecule has 0 aromatic heterocycles. The molecule has 0 aliphatic rings. The molecule has 0 saturated carbocycles. The molecule has 1 aromatic carbocycles. The molecule has 0 aliphatic carbocycles. The third-order valence-corrected chi connectivity index (χ3v) is 3.37. The lowest BCUT2D eigenvalue weighted by atomic mass is 9.95. The number of hydrogen-bond donors (Lipinski definition) is 1. The number of carbonyl (C=O) groups is 2. The van der Waals surface area contributed by atoms with Crippen LogP contribution in [0, 0.1) is 13.8 Å². The van der Waals surface area contributed by atoms with E-state index in [0.717, 1.165) is 11.1 Å². The Kier molecular flexibility index (Phi) is 4.70. The zero-order valence-electron chi connectivity index (χ0n) is 12.1. The Labute approximate surface area is 114 Å². The molecule has 0 aliphatic heterocycles. The van der Waals surface area contributed by atoms with E-state index in [1.54, 1.807) is 6.07 Å². The summed E-state index contributed by atoms with van der Waals surface area (Å²) in [5.41, 5.74) is 2.62. The number of rotatable bonds is 4. The second-order valence-electron chi connectivity index (χ2n) is 5.05. The first-order chi connectivity index (χ1) is 8.77. The van der Waals surface area contributed by atoms with Crippen molar-refractivity contribution in [2.75, 3.05) is 0 Å². The minimum absolute atomic E-state index is 0.168. The van der Waals surface area contributed by atoms with Crippen LogP contribution in [0.3, 0.4) is 0 Å². The fourth-order valence-corrected chi connectivity index (χ4v) is 2.32. The van der Waals surface area contributed by atoms with Gasteiger partial charge in [-0.15, -0.1) is 0 Å². The van der Waals surface area contributed by atoms with Crippen LogP contribution in [0.15, 0.2) is 18.2 Å². The molecule has 4 heteroatoms. The fourth-order valence-electron chi connectivity index (χ4n) is 2.32. The third kappa shape index (κ3) is 3.13. The van der Waals surface area contributed by atoms with Crippen molar-refractivity contribution in [1.29, 1.82) is 0 Å². The summed E-state index contributed by atoms with van der Waals surface area (Å²) in [5, 5.41) is 9.52. The highest BCUT2D eigenvalue weighted by Crippen LogP contribution is 2.27. The highest BCUT2D eigenvalue weighted by Gasteiger charge is 2.32. The molecule has 1 unspecified atom stereocenters. The first-order valence-corrected chi connectivity index (χ1v) is 6.35. The van der Waals surface area contributed by atoms with Crippen LogP contribution >= 0.6 is 0 Å². The van der Waals surface area contributed by atoms with E-state index in [2.05, 4.69) is 0 Å². The van der Waals surface area contributed by atoms with Gasteiger partial charge >= 0.3 is 5.97 Å². The van der Waals surface area contributed by atoms with E-state index >= 15 is 0 Å².